The molecule has 1 aromatic carbocycles. The molecule has 0 aliphatic carbocycles. The number of anilines is 1. The normalized spacial score (nSPS) is 11.9. The Kier molecular flexibility index (Phi) is 4.77. The van der Waals surface area contributed by atoms with Crippen LogP contribution in [0.3, 0.4) is 0 Å². The molecule has 0 spiro atoms. The third kappa shape index (κ3) is 3.43. The van der Waals surface area contributed by atoms with Crippen LogP contribution in [-0.4, -0.2) is 34.2 Å². The summed E-state index contributed by atoms with van der Waals surface area (Å²) in [6.07, 6.45) is -0.00301. The maximum atomic E-state index is 11.1. The van der Waals surface area contributed by atoms with Crippen LogP contribution in [0.4, 0.5) is 5.13 Å². The SMILES string of the molecule is CNc1nc(-c2cccc(C(=O)O)c2)c(C(C)CC(=O)O)s1. The predicted molar refractivity (Wildman–Crippen MR) is 84.7 cm³/mol. The van der Waals surface area contributed by atoms with Gasteiger partial charge < -0.3 is 15.5 Å². The highest BCUT2D eigenvalue weighted by atomic mass is 32.1. The van der Waals surface area contributed by atoms with E-state index in [2.05, 4.69) is 10.3 Å². The standard InChI is InChI=1S/C15H16N2O4S/c1-8(6-11(18)19)13-12(17-15(16-2)22-13)9-4-3-5-10(7-9)14(20)21/h3-5,7-8H,6H2,1-2H3,(H,16,17)(H,18,19)(H,20,21). The zero-order valence-electron chi connectivity index (χ0n) is 12.2. The largest absolute Gasteiger partial charge is 0.481 e. The Morgan fingerprint density at radius 1 is 1.36 bits per heavy atom. The van der Waals surface area contributed by atoms with E-state index in [4.69, 9.17) is 10.2 Å². The van der Waals surface area contributed by atoms with Gasteiger partial charge >= 0.3 is 11.9 Å². The first kappa shape index (κ1) is 16.0. The van der Waals surface area contributed by atoms with E-state index in [0.29, 0.717) is 16.4 Å². The zero-order valence-corrected chi connectivity index (χ0v) is 13.0. The molecule has 2 rings (SSSR count). The van der Waals surface area contributed by atoms with E-state index in [9.17, 15) is 9.59 Å². The summed E-state index contributed by atoms with van der Waals surface area (Å²) in [6, 6.07) is 6.49. The topological polar surface area (TPSA) is 99.5 Å². The Balaban J connectivity index is 2.49. The van der Waals surface area contributed by atoms with Crippen LogP contribution in [0.5, 0.6) is 0 Å². The Labute approximate surface area is 131 Å². The molecule has 0 amide bonds. The highest BCUT2D eigenvalue weighted by molar-refractivity contribution is 7.16. The lowest BCUT2D eigenvalue weighted by molar-refractivity contribution is -0.137. The Bertz CT molecular complexity index is 711. The second kappa shape index (κ2) is 6.57. The van der Waals surface area contributed by atoms with Gasteiger partial charge in [0.2, 0.25) is 0 Å². The molecule has 6 nitrogen and oxygen atoms in total. The van der Waals surface area contributed by atoms with Crippen LogP contribution in [-0.2, 0) is 4.79 Å². The molecule has 0 saturated carbocycles. The average Bonchev–Trinajstić information content (AvgIpc) is 2.91. The van der Waals surface area contributed by atoms with Crippen molar-refractivity contribution in [2.45, 2.75) is 19.3 Å². The number of hydrogen-bond acceptors (Lipinski definition) is 5. The number of nitrogens with one attached hydrogen (secondary N) is 1. The van der Waals surface area contributed by atoms with E-state index in [1.165, 1.54) is 17.4 Å². The summed E-state index contributed by atoms with van der Waals surface area (Å²) in [4.78, 5) is 27.3. The maximum absolute atomic E-state index is 11.1. The van der Waals surface area contributed by atoms with Gasteiger partial charge in [0, 0.05) is 23.4 Å². The van der Waals surface area contributed by atoms with E-state index in [1.54, 1.807) is 25.2 Å². The summed E-state index contributed by atoms with van der Waals surface area (Å²) in [7, 11) is 1.74. The molecule has 0 aliphatic heterocycles. The van der Waals surface area contributed by atoms with Crippen LogP contribution in [0.2, 0.25) is 0 Å². The quantitative estimate of drug-likeness (QED) is 0.756. The lowest BCUT2D eigenvalue weighted by atomic mass is 10.00. The molecule has 3 N–H and O–H groups in total. The number of carboxylic acids is 2. The number of aromatic nitrogens is 1. The van der Waals surface area contributed by atoms with Crippen molar-refractivity contribution in [1.82, 2.24) is 4.98 Å². The molecule has 22 heavy (non-hydrogen) atoms. The summed E-state index contributed by atoms with van der Waals surface area (Å²) in [5.74, 6) is -2.09. The average molecular weight is 320 g/mol. The van der Waals surface area contributed by atoms with Crippen LogP contribution in [0.25, 0.3) is 11.3 Å². The van der Waals surface area contributed by atoms with Crippen molar-refractivity contribution in [1.29, 1.82) is 0 Å². The van der Waals surface area contributed by atoms with Gasteiger partial charge in [-0.05, 0) is 12.1 Å². The minimum Gasteiger partial charge on any atom is -0.481 e. The van der Waals surface area contributed by atoms with Crippen molar-refractivity contribution < 1.29 is 19.8 Å². The summed E-state index contributed by atoms with van der Waals surface area (Å²) < 4.78 is 0. The van der Waals surface area contributed by atoms with E-state index in [0.717, 1.165) is 4.88 Å². The fraction of sp³-hybridized carbons (Fsp3) is 0.267. The molecule has 7 heteroatoms. The Morgan fingerprint density at radius 2 is 2.09 bits per heavy atom. The summed E-state index contributed by atoms with van der Waals surface area (Å²) in [5, 5.41) is 21.7. The second-order valence-electron chi connectivity index (χ2n) is 4.87. The third-order valence-corrected chi connectivity index (χ3v) is 4.48. The lowest BCUT2D eigenvalue weighted by Gasteiger charge is -2.09. The highest BCUT2D eigenvalue weighted by Crippen LogP contribution is 2.37. The number of benzene rings is 1. The van der Waals surface area contributed by atoms with E-state index in [-0.39, 0.29) is 17.9 Å². The first-order valence-electron chi connectivity index (χ1n) is 6.66. The molecular weight excluding hydrogens is 304 g/mol. The predicted octanol–water partition coefficient (Wildman–Crippen LogP) is 3.13. The van der Waals surface area contributed by atoms with Crippen molar-refractivity contribution in [3.63, 3.8) is 0 Å². The van der Waals surface area contributed by atoms with Gasteiger partial charge in [0.05, 0.1) is 17.7 Å². The molecule has 0 bridgehead atoms. The number of aromatic carboxylic acids is 1. The first-order chi connectivity index (χ1) is 10.4. The number of aliphatic carboxylic acids is 1. The Hall–Kier alpha value is -2.41. The molecule has 0 radical (unpaired) electrons. The number of thiazole rings is 1. The molecular formula is C15H16N2O4S. The van der Waals surface area contributed by atoms with Crippen LogP contribution in [0, 0.1) is 0 Å². The fourth-order valence-corrected chi connectivity index (χ4v) is 3.13. The Morgan fingerprint density at radius 3 is 2.68 bits per heavy atom. The fourth-order valence-electron chi connectivity index (χ4n) is 2.13. The smallest absolute Gasteiger partial charge is 0.335 e. The number of carboxylic acid groups (broad SMARTS) is 2. The van der Waals surface area contributed by atoms with Gasteiger partial charge in [-0.25, -0.2) is 9.78 Å². The van der Waals surface area contributed by atoms with Gasteiger partial charge in [-0.1, -0.05) is 19.1 Å². The minimum atomic E-state index is -1.01. The van der Waals surface area contributed by atoms with Gasteiger partial charge in [0.15, 0.2) is 5.13 Å². The van der Waals surface area contributed by atoms with Gasteiger partial charge in [-0.3, -0.25) is 4.79 Å². The zero-order chi connectivity index (χ0) is 16.3. The van der Waals surface area contributed by atoms with E-state index < -0.39 is 11.9 Å². The van der Waals surface area contributed by atoms with Crippen LogP contribution in [0.15, 0.2) is 24.3 Å². The molecule has 1 aromatic heterocycles. The summed E-state index contributed by atoms with van der Waals surface area (Å²) in [6.45, 7) is 1.83. The first-order valence-corrected chi connectivity index (χ1v) is 7.48. The minimum absolute atomic E-state index is 0.00301. The number of hydrogen-bond donors (Lipinski definition) is 3. The third-order valence-electron chi connectivity index (χ3n) is 3.18. The van der Waals surface area contributed by atoms with E-state index in [1.807, 2.05) is 6.92 Å². The monoisotopic (exact) mass is 320 g/mol. The van der Waals surface area contributed by atoms with Crippen LogP contribution < -0.4 is 5.32 Å². The molecule has 116 valence electrons. The number of nitrogens with zero attached hydrogens (tertiary/aromatic N) is 1. The summed E-state index contributed by atoms with van der Waals surface area (Å²) in [5.41, 5.74) is 1.48. The van der Waals surface area contributed by atoms with Crippen molar-refractivity contribution >= 4 is 28.4 Å². The molecule has 1 atom stereocenters. The van der Waals surface area contributed by atoms with Crippen molar-refractivity contribution in [2.75, 3.05) is 12.4 Å². The van der Waals surface area contributed by atoms with E-state index >= 15 is 0 Å². The van der Waals surface area contributed by atoms with Crippen molar-refractivity contribution in [3.8, 4) is 11.3 Å². The molecule has 0 saturated heterocycles. The molecule has 1 heterocycles. The highest BCUT2D eigenvalue weighted by Gasteiger charge is 2.20. The van der Waals surface area contributed by atoms with Crippen LogP contribution >= 0.6 is 11.3 Å². The molecule has 2 aromatic rings. The van der Waals surface area contributed by atoms with Crippen molar-refractivity contribution in [3.05, 3.63) is 34.7 Å². The van der Waals surface area contributed by atoms with Crippen LogP contribution in [0.1, 0.15) is 34.5 Å². The summed E-state index contributed by atoms with van der Waals surface area (Å²) >= 11 is 1.39. The van der Waals surface area contributed by atoms with Gasteiger partial charge in [0.25, 0.3) is 0 Å². The van der Waals surface area contributed by atoms with Crippen molar-refractivity contribution in [2.24, 2.45) is 0 Å². The molecule has 0 fully saturated rings. The molecule has 0 aliphatic rings. The van der Waals surface area contributed by atoms with Gasteiger partial charge in [-0.15, -0.1) is 11.3 Å². The second-order valence-corrected chi connectivity index (χ2v) is 5.90. The van der Waals surface area contributed by atoms with Gasteiger partial charge in [-0.2, -0.15) is 0 Å². The van der Waals surface area contributed by atoms with Gasteiger partial charge in [0.1, 0.15) is 0 Å². The molecule has 1 unspecified atom stereocenters. The number of carbonyl (C=O) groups is 2. The number of rotatable bonds is 6. The maximum Gasteiger partial charge on any atom is 0.335 e. The lowest BCUT2D eigenvalue weighted by Crippen LogP contribution is -2.03.